The molecule has 0 saturated carbocycles. The molecule has 6 heteroatoms. The van der Waals surface area contributed by atoms with E-state index in [1.165, 1.54) is 17.4 Å². The summed E-state index contributed by atoms with van der Waals surface area (Å²) in [5, 5.41) is 2.65. The number of hydrogen-bond donors (Lipinski definition) is 0. The van der Waals surface area contributed by atoms with Gasteiger partial charge in [-0.25, -0.2) is 9.37 Å². The van der Waals surface area contributed by atoms with Crippen LogP contribution >= 0.6 is 22.9 Å². The molecule has 1 aromatic heterocycles. The van der Waals surface area contributed by atoms with Crippen LogP contribution < -0.4 is 0 Å². The molecule has 21 heavy (non-hydrogen) atoms. The Morgan fingerprint density at radius 2 is 2.10 bits per heavy atom. The minimum Gasteiger partial charge on any atom is -0.379 e. The van der Waals surface area contributed by atoms with Crippen LogP contribution in [0.4, 0.5) is 4.39 Å². The minimum absolute atomic E-state index is 0.240. The van der Waals surface area contributed by atoms with Crippen LogP contribution in [0.2, 0.25) is 0 Å². The SMILES string of the molecule is CCOCCOCc1ccc(-c2nc(CCl)cs2)cc1F. The van der Waals surface area contributed by atoms with Gasteiger partial charge in [0.1, 0.15) is 10.8 Å². The lowest BCUT2D eigenvalue weighted by molar-refractivity contribution is 0.0443. The third-order valence-electron chi connectivity index (χ3n) is 2.82. The molecule has 0 fully saturated rings. The van der Waals surface area contributed by atoms with Crippen LogP contribution in [0.25, 0.3) is 10.6 Å². The monoisotopic (exact) mass is 329 g/mol. The van der Waals surface area contributed by atoms with Crippen molar-refractivity contribution in [2.45, 2.75) is 19.4 Å². The number of ether oxygens (including phenoxy) is 2. The van der Waals surface area contributed by atoms with E-state index in [9.17, 15) is 4.39 Å². The third kappa shape index (κ3) is 4.74. The quantitative estimate of drug-likeness (QED) is 0.536. The molecule has 2 rings (SSSR count). The lowest BCUT2D eigenvalue weighted by Gasteiger charge is -2.06. The second kappa shape index (κ2) is 8.44. The molecule has 3 nitrogen and oxygen atoms in total. The Labute approximate surface area is 132 Å². The van der Waals surface area contributed by atoms with Crippen molar-refractivity contribution in [3.05, 3.63) is 40.7 Å². The summed E-state index contributed by atoms with van der Waals surface area (Å²) in [4.78, 5) is 4.34. The van der Waals surface area contributed by atoms with E-state index in [4.69, 9.17) is 21.1 Å². The van der Waals surface area contributed by atoms with Gasteiger partial charge in [0.05, 0.1) is 31.4 Å². The number of nitrogens with zero attached hydrogens (tertiary/aromatic N) is 1. The first-order chi connectivity index (χ1) is 10.2. The molecule has 0 radical (unpaired) electrons. The fourth-order valence-corrected chi connectivity index (χ4v) is 2.79. The Balaban J connectivity index is 1.97. The highest BCUT2D eigenvalue weighted by molar-refractivity contribution is 7.13. The molecule has 0 unspecified atom stereocenters. The van der Waals surface area contributed by atoms with Crippen molar-refractivity contribution < 1.29 is 13.9 Å². The highest BCUT2D eigenvalue weighted by atomic mass is 35.5. The van der Waals surface area contributed by atoms with Gasteiger partial charge < -0.3 is 9.47 Å². The molecule has 0 N–H and O–H groups in total. The van der Waals surface area contributed by atoms with Crippen LogP contribution in [-0.4, -0.2) is 24.8 Å². The lowest BCUT2D eigenvalue weighted by Crippen LogP contribution is -2.04. The maximum atomic E-state index is 14.0. The highest BCUT2D eigenvalue weighted by Gasteiger charge is 2.08. The zero-order valence-electron chi connectivity index (χ0n) is 11.8. The third-order valence-corrected chi connectivity index (χ3v) is 4.04. The van der Waals surface area contributed by atoms with Crippen molar-refractivity contribution in [1.82, 2.24) is 4.98 Å². The Morgan fingerprint density at radius 3 is 2.76 bits per heavy atom. The summed E-state index contributed by atoms with van der Waals surface area (Å²) in [5.41, 5.74) is 2.09. The van der Waals surface area contributed by atoms with E-state index < -0.39 is 0 Å². The number of thiazole rings is 1. The van der Waals surface area contributed by atoms with Gasteiger partial charge >= 0.3 is 0 Å². The molecule has 0 aliphatic heterocycles. The zero-order chi connectivity index (χ0) is 15.1. The molecule has 0 aliphatic carbocycles. The van der Waals surface area contributed by atoms with Crippen molar-refractivity contribution in [2.75, 3.05) is 19.8 Å². The molecule has 0 saturated heterocycles. The van der Waals surface area contributed by atoms with E-state index in [1.54, 1.807) is 6.07 Å². The molecule has 0 aliphatic rings. The average Bonchev–Trinajstić information content (AvgIpc) is 2.97. The van der Waals surface area contributed by atoms with Crippen LogP contribution in [-0.2, 0) is 22.0 Å². The summed E-state index contributed by atoms with van der Waals surface area (Å²) in [6.07, 6.45) is 0. The molecular formula is C15H17ClFNO2S. The number of hydrogen-bond acceptors (Lipinski definition) is 4. The smallest absolute Gasteiger partial charge is 0.129 e. The Bertz CT molecular complexity index is 577. The van der Waals surface area contributed by atoms with Crippen molar-refractivity contribution in [1.29, 1.82) is 0 Å². The number of benzene rings is 1. The molecule has 114 valence electrons. The normalized spacial score (nSPS) is 11.0. The van der Waals surface area contributed by atoms with Gasteiger partial charge in [-0.1, -0.05) is 12.1 Å². The van der Waals surface area contributed by atoms with Crippen LogP contribution in [0.1, 0.15) is 18.2 Å². The topological polar surface area (TPSA) is 31.4 Å². The van der Waals surface area contributed by atoms with Crippen LogP contribution in [0.3, 0.4) is 0 Å². The Kier molecular flexibility index (Phi) is 6.57. The lowest BCUT2D eigenvalue weighted by atomic mass is 10.1. The molecule has 0 bridgehead atoms. The van der Waals surface area contributed by atoms with Crippen molar-refractivity contribution in [3.63, 3.8) is 0 Å². The summed E-state index contributed by atoms with van der Waals surface area (Å²) in [6, 6.07) is 5.06. The summed E-state index contributed by atoms with van der Waals surface area (Å²) < 4.78 is 24.6. The van der Waals surface area contributed by atoms with Gasteiger partial charge in [-0.15, -0.1) is 22.9 Å². The number of rotatable bonds is 8. The van der Waals surface area contributed by atoms with Gasteiger partial charge in [0, 0.05) is 23.1 Å². The first kappa shape index (κ1) is 16.4. The molecule has 0 spiro atoms. The maximum absolute atomic E-state index is 14.0. The van der Waals surface area contributed by atoms with E-state index in [1.807, 2.05) is 18.4 Å². The predicted octanol–water partition coefficient (Wildman–Crippen LogP) is 4.24. The van der Waals surface area contributed by atoms with Gasteiger partial charge in [0.15, 0.2) is 0 Å². The molecule has 0 atom stereocenters. The van der Waals surface area contributed by atoms with Gasteiger partial charge in [-0.05, 0) is 13.0 Å². The largest absolute Gasteiger partial charge is 0.379 e. The average molecular weight is 330 g/mol. The number of aromatic nitrogens is 1. The minimum atomic E-state index is -0.286. The van der Waals surface area contributed by atoms with Crippen molar-refractivity contribution in [3.8, 4) is 10.6 Å². The predicted molar refractivity (Wildman–Crippen MR) is 83.2 cm³/mol. The fourth-order valence-electron chi connectivity index (χ4n) is 1.74. The molecule has 2 aromatic rings. The highest BCUT2D eigenvalue weighted by Crippen LogP contribution is 2.26. The van der Waals surface area contributed by atoms with E-state index in [-0.39, 0.29) is 12.4 Å². The second-order valence-electron chi connectivity index (χ2n) is 4.33. The molecule has 1 heterocycles. The van der Waals surface area contributed by atoms with Crippen LogP contribution in [0.5, 0.6) is 0 Å². The standard InChI is InChI=1S/C15H17ClFNO2S/c1-2-19-5-6-20-9-12-4-3-11(7-14(12)17)15-18-13(8-16)10-21-15/h3-4,7,10H,2,5-6,8-9H2,1H3. The maximum Gasteiger partial charge on any atom is 0.129 e. The van der Waals surface area contributed by atoms with E-state index in [0.29, 0.717) is 31.3 Å². The van der Waals surface area contributed by atoms with Crippen molar-refractivity contribution >= 4 is 22.9 Å². The fraction of sp³-hybridized carbons (Fsp3) is 0.400. The Morgan fingerprint density at radius 1 is 1.29 bits per heavy atom. The van der Waals surface area contributed by atoms with Crippen LogP contribution in [0.15, 0.2) is 23.6 Å². The van der Waals surface area contributed by atoms with Gasteiger partial charge in [-0.2, -0.15) is 0 Å². The van der Waals surface area contributed by atoms with Crippen molar-refractivity contribution in [2.24, 2.45) is 0 Å². The van der Waals surface area contributed by atoms with Gasteiger partial charge in [0.25, 0.3) is 0 Å². The summed E-state index contributed by atoms with van der Waals surface area (Å²) in [7, 11) is 0. The Hall–Kier alpha value is -1.01. The van der Waals surface area contributed by atoms with E-state index >= 15 is 0 Å². The first-order valence-corrected chi connectivity index (χ1v) is 8.10. The molecule has 0 amide bonds. The summed E-state index contributed by atoms with van der Waals surface area (Å²) in [5.74, 6) is 0.0802. The number of halogens is 2. The molecular weight excluding hydrogens is 313 g/mol. The number of alkyl halides is 1. The first-order valence-electron chi connectivity index (χ1n) is 6.69. The second-order valence-corrected chi connectivity index (χ2v) is 5.46. The summed E-state index contributed by atoms with van der Waals surface area (Å²) >= 11 is 7.18. The summed E-state index contributed by atoms with van der Waals surface area (Å²) in [6.45, 7) is 3.80. The van der Waals surface area contributed by atoms with E-state index in [0.717, 1.165) is 16.3 Å². The van der Waals surface area contributed by atoms with Gasteiger partial charge in [-0.3, -0.25) is 0 Å². The van der Waals surface area contributed by atoms with Crippen LogP contribution in [0, 0.1) is 5.82 Å². The molecule has 1 aromatic carbocycles. The van der Waals surface area contributed by atoms with E-state index in [2.05, 4.69) is 4.98 Å². The zero-order valence-corrected chi connectivity index (χ0v) is 13.3. The van der Waals surface area contributed by atoms with Gasteiger partial charge in [0.2, 0.25) is 0 Å².